The van der Waals surface area contributed by atoms with Gasteiger partial charge in [0.1, 0.15) is 0 Å². The fourth-order valence-electron chi connectivity index (χ4n) is 2.19. The zero-order valence-electron chi connectivity index (χ0n) is 9.40. The van der Waals surface area contributed by atoms with E-state index < -0.39 is 0 Å². The van der Waals surface area contributed by atoms with Crippen molar-refractivity contribution in [1.82, 2.24) is 4.98 Å². The van der Waals surface area contributed by atoms with Gasteiger partial charge in [-0.15, -0.1) is 11.8 Å². The second kappa shape index (κ2) is 3.36. The maximum Gasteiger partial charge on any atom is 0.0759 e. The van der Waals surface area contributed by atoms with Gasteiger partial charge in [-0.3, -0.25) is 4.98 Å². The molecule has 0 N–H and O–H groups in total. The molecule has 0 fully saturated rings. The molecule has 2 heterocycles. The number of aromatic nitrogens is 1. The Balaban J connectivity index is 2.33. The first-order valence-electron chi connectivity index (χ1n) is 5.42. The van der Waals surface area contributed by atoms with Gasteiger partial charge in [0.2, 0.25) is 0 Å². The van der Waals surface area contributed by atoms with Gasteiger partial charge >= 0.3 is 0 Å². The van der Waals surface area contributed by atoms with Crippen molar-refractivity contribution in [2.45, 2.75) is 23.5 Å². The Morgan fingerprint density at radius 1 is 1.06 bits per heavy atom. The molecule has 1 aromatic heterocycles. The molecule has 2 heteroatoms. The minimum absolute atomic E-state index is 0.109. The molecule has 3 rings (SSSR count). The van der Waals surface area contributed by atoms with Crippen LogP contribution in [0.5, 0.6) is 0 Å². The van der Waals surface area contributed by atoms with Gasteiger partial charge in [-0.1, -0.05) is 24.3 Å². The Morgan fingerprint density at radius 2 is 1.88 bits per heavy atom. The van der Waals surface area contributed by atoms with Crippen molar-refractivity contribution < 1.29 is 0 Å². The normalized spacial score (nSPS) is 16.4. The second-order valence-corrected chi connectivity index (χ2v) is 6.17. The molecule has 0 amide bonds. The molecule has 16 heavy (non-hydrogen) atoms. The van der Waals surface area contributed by atoms with Crippen molar-refractivity contribution in [3.05, 3.63) is 48.2 Å². The standard InChI is InChI=1S/C14H13NS/c1-14(2)11-7-5-9-15-13(11)10-6-3-4-8-12(10)16-14/h3-9H,1-2H3. The third kappa shape index (κ3) is 1.37. The van der Waals surface area contributed by atoms with Gasteiger partial charge in [0.15, 0.2) is 0 Å². The Morgan fingerprint density at radius 3 is 2.75 bits per heavy atom. The third-order valence-electron chi connectivity index (χ3n) is 2.96. The van der Waals surface area contributed by atoms with Gasteiger partial charge in [-0.25, -0.2) is 0 Å². The van der Waals surface area contributed by atoms with Crippen molar-refractivity contribution in [1.29, 1.82) is 0 Å². The molecule has 0 aliphatic carbocycles. The van der Waals surface area contributed by atoms with Gasteiger partial charge in [0.25, 0.3) is 0 Å². The summed E-state index contributed by atoms with van der Waals surface area (Å²) in [5, 5.41) is 0. The maximum atomic E-state index is 4.54. The fourth-order valence-corrected chi connectivity index (χ4v) is 3.43. The molecule has 0 bridgehead atoms. The van der Waals surface area contributed by atoms with Crippen LogP contribution >= 0.6 is 11.8 Å². The third-order valence-corrected chi connectivity index (χ3v) is 4.27. The SMILES string of the molecule is CC1(C)Sc2ccccc2-c2ncccc21. The van der Waals surface area contributed by atoms with Crippen molar-refractivity contribution in [2.75, 3.05) is 0 Å². The summed E-state index contributed by atoms with van der Waals surface area (Å²) in [6.45, 7) is 4.52. The van der Waals surface area contributed by atoms with E-state index in [1.165, 1.54) is 16.0 Å². The molecule has 1 nitrogen and oxygen atoms in total. The van der Waals surface area contributed by atoms with Crippen LogP contribution in [0.4, 0.5) is 0 Å². The second-order valence-electron chi connectivity index (χ2n) is 4.51. The van der Waals surface area contributed by atoms with Crippen LogP contribution in [0.3, 0.4) is 0 Å². The van der Waals surface area contributed by atoms with Gasteiger partial charge in [-0.2, -0.15) is 0 Å². The van der Waals surface area contributed by atoms with E-state index >= 15 is 0 Å². The van der Waals surface area contributed by atoms with Gasteiger partial charge in [0.05, 0.1) is 5.69 Å². The van der Waals surface area contributed by atoms with E-state index in [0.29, 0.717) is 0 Å². The van der Waals surface area contributed by atoms with Crippen LogP contribution < -0.4 is 0 Å². The number of fused-ring (bicyclic) bond motifs is 3. The first-order valence-corrected chi connectivity index (χ1v) is 6.24. The Hall–Kier alpha value is -1.28. The van der Waals surface area contributed by atoms with Crippen LogP contribution in [0, 0.1) is 0 Å². The predicted octanol–water partition coefficient (Wildman–Crippen LogP) is 4.09. The molecule has 0 saturated carbocycles. The molecule has 1 aliphatic heterocycles. The number of hydrogen-bond donors (Lipinski definition) is 0. The van der Waals surface area contributed by atoms with Crippen molar-refractivity contribution >= 4 is 11.8 Å². The van der Waals surface area contributed by atoms with E-state index in [1.54, 1.807) is 0 Å². The van der Waals surface area contributed by atoms with Crippen LogP contribution in [-0.2, 0) is 4.75 Å². The van der Waals surface area contributed by atoms with Gasteiger partial charge in [0, 0.05) is 21.4 Å². The van der Waals surface area contributed by atoms with Gasteiger partial charge < -0.3 is 0 Å². The molecule has 1 aliphatic rings. The largest absolute Gasteiger partial charge is 0.256 e. The highest BCUT2D eigenvalue weighted by molar-refractivity contribution is 8.00. The van der Waals surface area contributed by atoms with E-state index in [1.807, 2.05) is 24.0 Å². The minimum Gasteiger partial charge on any atom is -0.256 e. The summed E-state index contributed by atoms with van der Waals surface area (Å²) in [4.78, 5) is 5.88. The van der Waals surface area contributed by atoms with Crippen molar-refractivity contribution in [3.8, 4) is 11.3 Å². The van der Waals surface area contributed by atoms with Crippen LogP contribution in [0.25, 0.3) is 11.3 Å². The molecular formula is C14H13NS. The van der Waals surface area contributed by atoms with Crippen LogP contribution in [0.2, 0.25) is 0 Å². The number of nitrogens with zero attached hydrogens (tertiary/aromatic N) is 1. The predicted molar refractivity (Wildman–Crippen MR) is 68.6 cm³/mol. The molecular weight excluding hydrogens is 214 g/mol. The first kappa shape index (κ1) is 9.91. The zero-order chi connectivity index (χ0) is 11.2. The summed E-state index contributed by atoms with van der Waals surface area (Å²) in [5.74, 6) is 0. The summed E-state index contributed by atoms with van der Waals surface area (Å²) in [6.07, 6.45) is 1.88. The first-order chi connectivity index (χ1) is 7.68. The summed E-state index contributed by atoms with van der Waals surface area (Å²) < 4.78 is 0.109. The van der Waals surface area contributed by atoms with E-state index in [9.17, 15) is 0 Å². The molecule has 0 spiro atoms. The molecule has 0 radical (unpaired) electrons. The van der Waals surface area contributed by atoms with E-state index in [0.717, 1.165) is 5.69 Å². The lowest BCUT2D eigenvalue weighted by atomic mass is 9.95. The van der Waals surface area contributed by atoms with Crippen molar-refractivity contribution in [3.63, 3.8) is 0 Å². The lowest BCUT2D eigenvalue weighted by Crippen LogP contribution is -2.17. The highest BCUT2D eigenvalue weighted by atomic mass is 32.2. The lowest BCUT2D eigenvalue weighted by Gasteiger charge is -2.32. The Kier molecular flexibility index (Phi) is 2.08. The minimum atomic E-state index is 0.109. The van der Waals surface area contributed by atoms with Crippen LogP contribution in [-0.4, -0.2) is 4.98 Å². The highest BCUT2D eigenvalue weighted by Crippen LogP contribution is 2.51. The fraction of sp³-hybridized carbons (Fsp3) is 0.214. The van der Waals surface area contributed by atoms with E-state index in [2.05, 4.69) is 49.2 Å². The van der Waals surface area contributed by atoms with Crippen LogP contribution in [0.15, 0.2) is 47.5 Å². The van der Waals surface area contributed by atoms with E-state index in [4.69, 9.17) is 0 Å². The smallest absolute Gasteiger partial charge is 0.0759 e. The van der Waals surface area contributed by atoms with E-state index in [-0.39, 0.29) is 4.75 Å². The molecule has 0 atom stereocenters. The maximum absolute atomic E-state index is 4.54. The molecule has 2 aromatic rings. The average molecular weight is 227 g/mol. The van der Waals surface area contributed by atoms with Crippen molar-refractivity contribution in [2.24, 2.45) is 0 Å². The quantitative estimate of drug-likeness (QED) is 0.672. The van der Waals surface area contributed by atoms with Gasteiger partial charge in [-0.05, 0) is 31.5 Å². The number of pyridine rings is 1. The number of benzene rings is 1. The Labute approximate surface area is 99.9 Å². The molecule has 1 aromatic carbocycles. The lowest BCUT2D eigenvalue weighted by molar-refractivity contribution is 0.772. The summed E-state index contributed by atoms with van der Waals surface area (Å²) in [5.41, 5.74) is 3.74. The summed E-state index contributed by atoms with van der Waals surface area (Å²) >= 11 is 1.92. The monoisotopic (exact) mass is 227 g/mol. The average Bonchev–Trinajstić information content (AvgIpc) is 2.29. The Bertz CT molecular complexity index is 546. The zero-order valence-corrected chi connectivity index (χ0v) is 10.2. The number of thioether (sulfide) groups is 1. The molecule has 80 valence electrons. The summed E-state index contributed by atoms with van der Waals surface area (Å²) in [7, 11) is 0. The molecule has 0 unspecified atom stereocenters. The highest BCUT2D eigenvalue weighted by Gasteiger charge is 2.31. The topological polar surface area (TPSA) is 12.9 Å². The molecule has 0 saturated heterocycles. The number of rotatable bonds is 0. The summed E-state index contributed by atoms with van der Waals surface area (Å²) in [6, 6.07) is 12.7. The number of hydrogen-bond acceptors (Lipinski definition) is 2. The van der Waals surface area contributed by atoms with Crippen LogP contribution in [0.1, 0.15) is 19.4 Å².